The van der Waals surface area contributed by atoms with E-state index in [1.807, 2.05) is 0 Å². The first-order valence-electron chi connectivity index (χ1n) is 4.66. The van der Waals surface area contributed by atoms with Gasteiger partial charge in [-0.15, -0.1) is 0 Å². The van der Waals surface area contributed by atoms with Gasteiger partial charge in [0.2, 0.25) is 5.91 Å². The van der Waals surface area contributed by atoms with Gasteiger partial charge in [-0.2, -0.15) is 13.2 Å². The first-order chi connectivity index (χ1) is 7.84. The fraction of sp³-hybridized carbons (Fsp3) is 0.300. The molecule has 0 aliphatic rings. The molecular weight excluding hydrogens is 257 g/mol. The first-order valence-corrected chi connectivity index (χ1v) is 5.03. The Morgan fingerprint density at radius 2 is 2.06 bits per heavy atom. The number of anilines is 1. The maximum atomic E-state index is 12.6. The van der Waals surface area contributed by atoms with Gasteiger partial charge >= 0.3 is 6.18 Å². The van der Waals surface area contributed by atoms with Gasteiger partial charge in [-0.25, -0.2) is 0 Å². The first kappa shape index (κ1) is 13.6. The number of rotatable bonds is 3. The second kappa shape index (κ2) is 5.27. The Labute approximate surface area is 101 Å². The lowest BCUT2D eigenvalue weighted by Crippen LogP contribution is -2.27. The fourth-order valence-electron chi connectivity index (χ4n) is 1.17. The zero-order valence-corrected chi connectivity index (χ0v) is 9.62. The van der Waals surface area contributed by atoms with Crippen LogP contribution < -0.4 is 10.6 Å². The summed E-state index contributed by atoms with van der Waals surface area (Å²) in [5.41, 5.74) is -1.07. The monoisotopic (exact) mass is 266 g/mol. The van der Waals surface area contributed by atoms with Crippen LogP contribution in [0.15, 0.2) is 18.2 Å². The molecule has 0 spiro atoms. The van der Waals surface area contributed by atoms with Gasteiger partial charge in [-0.05, 0) is 18.2 Å². The second-order valence-corrected chi connectivity index (χ2v) is 3.65. The van der Waals surface area contributed by atoms with Crippen molar-refractivity contribution in [1.29, 1.82) is 0 Å². The Hall–Kier alpha value is -1.43. The summed E-state index contributed by atoms with van der Waals surface area (Å²) < 4.78 is 37.9. The molecule has 1 rings (SSSR count). The Morgan fingerprint density at radius 1 is 1.41 bits per heavy atom. The van der Waals surface area contributed by atoms with Crippen LogP contribution in [0.1, 0.15) is 5.56 Å². The summed E-state index contributed by atoms with van der Waals surface area (Å²) in [7, 11) is 1.40. The molecular formula is C10H10ClF3N2O. The van der Waals surface area contributed by atoms with E-state index in [2.05, 4.69) is 10.6 Å². The zero-order chi connectivity index (χ0) is 13.1. The number of carbonyl (C=O) groups excluding carboxylic acids is 1. The number of benzene rings is 1. The maximum Gasteiger partial charge on any atom is 0.418 e. The minimum absolute atomic E-state index is 0.0113. The zero-order valence-electron chi connectivity index (χ0n) is 8.86. The summed E-state index contributed by atoms with van der Waals surface area (Å²) in [6.07, 6.45) is -4.52. The summed E-state index contributed by atoms with van der Waals surface area (Å²) in [4.78, 5) is 10.9. The Kier molecular flexibility index (Phi) is 4.22. The number of likely N-dealkylation sites (N-methyl/N-ethyl adjacent to an activating group) is 1. The van der Waals surface area contributed by atoms with Crippen molar-refractivity contribution in [2.45, 2.75) is 6.18 Å². The van der Waals surface area contributed by atoms with Gasteiger partial charge in [0.1, 0.15) is 0 Å². The highest BCUT2D eigenvalue weighted by molar-refractivity contribution is 6.30. The van der Waals surface area contributed by atoms with Gasteiger partial charge in [-0.1, -0.05) is 11.6 Å². The molecule has 3 nitrogen and oxygen atoms in total. The van der Waals surface area contributed by atoms with Gasteiger partial charge in [0.05, 0.1) is 12.1 Å². The topological polar surface area (TPSA) is 41.1 Å². The van der Waals surface area contributed by atoms with Crippen molar-refractivity contribution in [3.05, 3.63) is 28.8 Å². The molecule has 0 aliphatic heterocycles. The number of halogens is 4. The third-order valence-electron chi connectivity index (χ3n) is 2.01. The van der Waals surface area contributed by atoms with Crippen LogP contribution in [0, 0.1) is 0 Å². The van der Waals surface area contributed by atoms with Crippen LogP contribution in [0.2, 0.25) is 5.02 Å². The van der Waals surface area contributed by atoms with E-state index >= 15 is 0 Å². The molecule has 0 fully saturated rings. The standard InChI is InChI=1S/C10H10ClF3N2O/c1-15-9(17)5-16-8-3-2-6(11)4-7(8)10(12,13)14/h2-4,16H,5H2,1H3,(H,15,17). The molecule has 0 saturated carbocycles. The minimum atomic E-state index is -4.52. The van der Waals surface area contributed by atoms with Crippen molar-refractivity contribution < 1.29 is 18.0 Å². The highest BCUT2D eigenvalue weighted by Gasteiger charge is 2.33. The molecule has 0 radical (unpaired) electrons. The number of nitrogens with one attached hydrogen (secondary N) is 2. The molecule has 1 aromatic carbocycles. The lowest BCUT2D eigenvalue weighted by molar-refractivity contribution is -0.137. The molecule has 0 unspecified atom stereocenters. The Bertz CT molecular complexity index is 421. The van der Waals surface area contributed by atoms with Crippen LogP contribution in [-0.4, -0.2) is 19.5 Å². The van der Waals surface area contributed by atoms with Crippen molar-refractivity contribution in [2.24, 2.45) is 0 Å². The average molecular weight is 267 g/mol. The van der Waals surface area contributed by atoms with Crippen LogP contribution in [0.5, 0.6) is 0 Å². The van der Waals surface area contributed by atoms with E-state index in [0.717, 1.165) is 6.07 Å². The van der Waals surface area contributed by atoms with Crippen LogP contribution >= 0.6 is 11.6 Å². The smallest absolute Gasteiger partial charge is 0.376 e. The quantitative estimate of drug-likeness (QED) is 0.883. The SMILES string of the molecule is CNC(=O)CNc1ccc(Cl)cc1C(F)(F)F. The van der Waals surface area contributed by atoms with Crippen molar-refractivity contribution >= 4 is 23.2 Å². The molecule has 0 aromatic heterocycles. The molecule has 0 aliphatic carbocycles. The molecule has 94 valence electrons. The number of alkyl halides is 3. The van der Waals surface area contributed by atoms with Crippen molar-refractivity contribution in [3.8, 4) is 0 Å². The van der Waals surface area contributed by atoms with Crippen molar-refractivity contribution in [3.63, 3.8) is 0 Å². The third-order valence-corrected chi connectivity index (χ3v) is 2.24. The highest BCUT2D eigenvalue weighted by atomic mass is 35.5. The molecule has 0 bridgehead atoms. The number of hydrogen-bond acceptors (Lipinski definition) is 2. The highest BCUT2D eigenvalue weighted by Crippen LogP contribution is 2.36. The van der Waals surface area contributed by atoms with Gasteiger partial charge in [0.25, 0.3) is 0 Å². The van der Waals surface area contributed by atoms with Gasteiger partial charge in [0.15, 0.2) is 0 Å². The second-order valence-electron chi connectivity index (χ2n) is 3.21. The van der Waals surface area contributed by atoms with Crippen LogP contribution in [0.3, 0.4) is 0 Å². The minimum Gasteiger partial charge on any atom is -0.376 e. The molecule has 1 aromatic rings. The molecule has 0 heterocycles. The molecule has 17 heavy (non-hydrogen) atoms. The van der Waals surface area contributed by atoms with Crippen molar-refractivity contribution in [2.75, 3.05) is 18.9 Å². The summed E-state index contributed by atoms with van der Waals surface area (Å²) in [6, 6.07) is 3.32. The van der Waals surface area contributed by atoms with Gasteiger partial charge < -0.3 is 10.6 Å². The fourth-order valence-corrected chi connectivity index (χ4v) is 1.34. The van der Waals surface area contributed by atoms with E-state index in [-0.39, 0.29) is 17.3 Å². The number of carbonyl (C=O) groups is 1. The van der Waals surface area contributed by atoms with E-state index in [1.54, 1.807) is 0 Å². The van der Waals surface area contributed by atoms with E-state index in [9.17, 15) is 18.0 Å². The summed E-state index contributed by atoms with van der Waals surface area (Å²) in [6.45, 7) is -0.235. The van der Waals surface area contributed by atoms with Crippen LogP contribution in [0.4, 0.5) is 18.9 Å². The summed E-state index contributed by atoms with van der Waals surface area (Å²) >= 11 is 5.51. The molecule has 2 N–H and O–H groups in total. The van der Waals surface area contributed by atoms with Crippen molar-refractivity contribution in [1.82, 2.24) is 5.32 Å². The predicted octanol–water partition coefficient (Wildman–Crippen LogP) is 2.52. The third kappa shape index (κ3) is 3.81. The van der Waals surface area contributed by atoms with E-state index in [0.29, 0.717) is 0 Å². The van der Waals surface area contributed by atoms with Crippen LogP contribution in [-0.2, 0) is 11.0 Å². The summed E-state index contributed by atoms with van der Waals surface area (Å²) in [5, 5.41) is 4.69. The lowest BCUT2D eigenvalue weighted by Gasteiger charge is -2.14. The van der Waals surface area contributed by atoms with Gasteiger partial charge in [0, 0.05) is 17.8 Å². The number of hydrogen-bond donors (Lipinski definition) is 2. The Balaban J connectivity index is 2.95. The van der Waals surface area contributed by atoms with Gasteiger partial charge in [-0.3, -0.25) is 4.79 Å². The molecule has 0 atom stereocenters. The molecule has 1 amide bonds. The molecule has 7 heteroatoms. The Morgan fingerprint density at radius 3 is 2.59 bits per heavy atom. The van der Waals surface area contributed by atoms with E-state index in [1.165, 1.54) is 19.2 Å². The molecule has 0 saturated heterocycles. The van der Waals surface area contributed by atoms with E-state index < -0.39 is 17.6 Å². The predicted molar refractivity (Wildman–Crippen MR) is 59.0 cm³/mol. The van der Waals surface area contributed by atoms with E-state index in [4.69, 9.17) is 11.6 Å². The maximum absolute atomic E-state index is 12.6. The number of amides is 1. The lowest BCUT2D eigenvalue weighted by atomic mass is 10.1. The normalized spacial score (nSPS) is 11.1. The summed E-state index contributed by atoms with van der Waals surface area (Å²) in [5.74, 6) is -0.409. The average Bonchev–Trinajstić information content (AvgIpc) is 2.25. The van der Waals surface area contributed by atoms with Crippen LogP contribution in [0.25, 0.3) is 0 Å². The largest absolute Gasteiger partial charge is 0.418 e.